The van der Waals surface area contributed by atoms with Crippen LogP contribution in [0.25, 0.3) is 0 Å². The van der Waals surface area contributed by atoms with Crippen molar-refractivity contribution >= 4 is 0 Å². The average molecular weight is 196 g/mol. The number of rotatable bonds is 5. The van der Waals surface area contributed by atoms with E-state index in [0.29, 0.717) is 6.54 Å². The van der Waals surface area contributed by atoms with Gasteiger partial charge >= 0.3 is 0 Å². The summed E-state index contributed by atoms with van der Waals surface area (Å²) in [6.45, 7) is 0.712. The van der Waals surface area contributed by atoms with Crippen LogP contribution in [0.15, 0.2) is 18.2 Å². The van der Waals surface area contributed by atoms with Gasteiger partial charge in [-0.05, 0) is 30.2 Å². The molecular formula is C10H16N2O2. The molecule has 4 heteroatoms. The first kappa shape index (κ1) is 10.8. The van der Waals surface area contributed by atoms with Crippen molar-refractivity contribution in [2.75, 3.05) is 20.8 Å². The van der Waals surface area contributed by atoms with Crippen LogP contribution >= 0.6 is 0 Å². The molecule has 78 valence electrons. The molecule has 0 amide bonds. The van der Waals surface area contributed by atoms with E-state index < -0.39 is 0 Å². The average Bonchev–Trinajstić information content (AvgIpc) is 2.25. The Hall–Kier alpha value is -1.26. The van der Waals surface area contributed by atoms with Gasteiger partial charge in [-0.3, -0.25) is 11.3 Å². The lowest BCUT2D eigenvalue weighted by Crippen LogP contribution is -2.24. The molecule has 0 radical (unpaired) electrons. The lowest BCUT2D eigenvalue weighted by atomic mass is 10.1. The third kappa shape index (κ3) is 2.61. The van der Waals surface area contributed by atoms with E-state index in [1.165, 1.54) is 0 Å². The Morgan fingerprint density at radius 1 is 1.29 bits per heavy atom. The zero-order valence-corrected chi connectivity index (χ0v) is 8.54. The molecule has 4 nitrogen and oxygen atoms in total. The molecule has 0 bridgehead atoms. The lowest BCUT2D eigenvalue weighted by Gasteiger charge is -2.09. The van der Waals surface area contributed by atoms with Crippen molar-refractivity contribution in [3.63, 3.8) is 0 Å². The SMILES string of the molecule is COc1ccc(OC)c(CCNN)c1. The molecule has 3 N–H and O–H groups in total. The van der Waals surface area contributed by atoms with Gasteiger partial charge in [0.2, 0.25) is 0 Å². The van der Waals surface area contributed by atoms with Gasteiger partial charge in [-0.2, -0.15) is 0 Å². The molecule has 0 atom stereocenters. The highest BCUT2D eigenvalue weighted by atomic mass is 16.5. The molecule has 0 spiro atoms. The molecule has 14 heavy (non-hydrogen) atoms. The van der Waals surface area contributed by atoms with Crippen LogP contribution in [0.1, 0.15) is 5.56 Å². The zero-order valence-electron chi connectivity index (χ0n) is 8.54. The van der Waals surface area contributed by atoms with Crippen molar-refractivity contribution in [1.82, 2.24) is 5.43 Å². The topological polar surface area (TPSA) is 56.5 Å². The first-order valence-corrected chi connectivity index (χ1v) is 4.46. The Kier molecular flexibility index (Phi) is 4.22. The predicted molar refractivity (Wildman–Crippen MR) is 55.4 cm³/mol. The molecule has 0 saturated heterocycles. The highest BCUT2D eigenvalue weighted by Gasteiger charge is 2.03. The molecule has 0 aliphatic carbocycles. The molecule has 0 aliphatic rings. The fourth-order valence-electron chi connectivity index (χ4n) is 1.28. The fraction of sp³-hybridized carbons (Fsp3) is 0.400. The molecule has 0 aliphatic heterocycles. The lowest BCUT2D eigenvalue weighted by molar-refractivity contribution is 0.398. The van der Waals surface area contributed by atoms with Crippen LogP contribution in [-0.4, -0.2) is 20.8 Å². The molecular weight excluding hydrogens is 180 g/mol. The van der Waals surface area contributed by atoms with Crippen LogP contribution in [0.3, 0.4) is 0 Å². The van der Waals surface area contributed by atoms with Crippen molar-refractivity contribution in [3.05, 3.63) is 23.8 Å². The summed E-state index contributed by atoms with van der Waals surface area (Å²) in [5.41, 5.74) is 3.70. The maximum absolute atomic E-state index is 5.22. The number of ether oxygens (including phenoxy) is 2. The van der Waals surface area contributed by atoms with Crippen molar-refractivity contribution in [3.8, 4) is 11.5 Å². The Morgan fingerprint density at radius 3 is 2.64 bits per heavy atom. The fourth-order valence-corrected chi connectivity index (χ4v) is 1.28. The second-order valence-electron chi connectivity index (χ2n) is 2.88. The van der Waals surface area contributed by atoms with E-state index >= 15 is 0 Å². The van der Waals surface area contributed by atoms with Gasteiger partial charge < -0.3 is 9.47 Å². The summed E-state index contributed by atoms with van der Waals surface area (Å²) < 4.78 is 10.3. The summed E-state index contributed by atoms with van der Waals surface area (Å²) in [5.74, 6) is 6.91. The maximum atomic E-state index is 5.22. The van der Waals surface area contributed by atoms with Gasteiger partial charge in [0.25, 0.3) is 0 Å². The summed E-state index contributed by atoms with van der Waals surface area (Å²) >= 11 is 0. The van der Waals surface area contributed by atoms with Gasteiger partial charge in [0.05, 0.1) is 14.2 Å². The van der Waals surface area contributed by atoms with Crippen molar-refractivity contribution in [1.29, 1.82) is 0 Å². The van der Waals surface area contributed by atoms with Gasteiger partial charge in [-0.15, -0.1) is 0 Å². The summed E-state index contributed by atoms with van der Waals surface area (Å²) in [6, 6.07) is 5.72. The largest absolute Gasteiger partial charge is 0.497 e. The van der Waals surface area contributed by atoms with Crippen LogP contribution < -0.4 is 20.7 Å². The summed E-state index contributed by atoms with van der Waals surface area (Å²) in [6.07, 6.45) is 0.816. The first-order valence-electron chi connectivity index (χ1n) is 4.46. The normalized spacial score (nSPS) is 9.93. The molecule has 1 rings (SSSR count). The second kappa shape index (κ2) is 5.47. The van der Waals surface area contributed by atoms with Gasteiger partial charge in [0.15, 0.2) is 0 Å². The first-order chi connectivity index (χ1) is 6.81. The van der Waals surface area contributed by atoms with Gasteiger partial charge in [0, 0.05) is 6.54 Å². The Labute approximate surface area is 84.0 Å². The van der Waals surface area contributed by atoms with Gasteiger partial charge in [-0.1, -0.05) is 0 Å². The van der Waals surface area contributed by atoms with Gasteiger partial charge in [-0.25, -0.2) is 0 Å². The van der Waals surface area contributed by atoms with E-state index in [1.807, 2.05) is 18.2 Å². The number of hydrogen-bond donors (Lipinski definition) is 2. The molecule has 0 heterocycles. The summed E-state index contributed by atoms with van der Waals surface area (Å²) in [4.78, 5) is 0. The van der Waals surface area contributed by atoms with Crippen molar-refractivity contribution < 1.29 is 9.47 Å². The van der Waals surface area contributed by atoms with E-state index in [0.717, 1.165) is 23.5 Å². The quantitative estimate of drug-likeness (QED) is 0.538. The van der Waals surface area contributed by atoms with E-state index in [9.17, 15) is 0 Å². The highest BCUT2D eigenvalue weighted by molar-refractivity contribution is 5.40. The van der Waals surface area contributed by atoms with E-state index in [2.05, 4.69) is 5.43 Å². The van der Waals surface area contributed by atoms with Crippen LogP contribution in [0.5, 0.6) is 11.5 Å². The number of benzene rings is 1. The van der Waals surface area contributed by atoms with Crippen LogP contribution in [-0.2, 0) is 6.42 Å². The predicted octanol–water partition coefficient (Wildman–Crippen LogP) is 0.710. The van der Waals surface area contributed by atoms with Crippen LogP contribution in [0.2, 0.25) is 0 Å². The molecule has 0 fully saturated rings. The maximum Gasteiger partial charge on any atom is 0.122 e. The van der Waals surface area contributed by atoms with E-state index in [1.54, 1.807) is 14.2 Å². The van der Waals surface area contributed by atoms with Crippen LogP contribution in [0, 0.1) is 0 Å². The standard InChI is InChI=1S/C10H16N2O2/c1-13-9-3-4-10(14-2)8(7-9)5-6-12-11/h3-4,7,12H,5-6,11H2,1-2H3. The number of nitrogens with two attached hydrogens (primary N) is 1. The molecule has 1 aromatic rings. The molecule has 0 unspecified atom stereocenters. The van der Waals surface area contributed by atoms with Crippen molar-refractivity contribution in [2.24, 2.45) is 5.84 Å². The third-order valence-electron chi connectivity index (χ3n) is 2.03. The van der Waals surface area contributed by atoms with Gasteiger partial charge in [0.1, 0.15) is 11.5 Å². The summed E-state index contributed by atoms with van der Waals surface area (Å²) in [5, 5.41) is 0. The van der Waals surface area contributed by atoms with E-state index in [4.69, 9.17) is 15.3 Å². The molecule has 0 aromatic heterocycles. The Morgan fingerprint density at radius 2 is 2.07 bits per heavy atom. The smallest absolute Gasteiger partial charge is 0.122 e. The zero-order chi connectivity index (χ0) is 10.4. The van der Waals surface area contributed by atoms with Crippen LogP contribution in [0.4, 0.5) is 0 Å². The van der Waals surface area contributed by atoms with Crippen molar-refractivity contribution in [2.45, 2.75) is 6.42 Å². The minimum atomic E-state index is 0.712. The highest BCUT2D eigenvalue weighted by Crippen LogP contribution is 2.23. The molecule has 0 saturated carbocycles. The van der Waals surface area contributed by atoms with E-state index in [-0.39, 0.29) is 0 Å². The third-order valence-corrected chi connectivity index (χ3v) is 2.03. The number of hydrazine groups is 1. The number of methoxy groups -OCH3 is 2. The monoisotopic (exact) mass is 196 g/mol. The molecule has 1 aromatic carbocycles. The minimum Gasteiger partial charge on any atom is -0.497 e. The minimum absolute atomic E-state index is 0.712. The Balaban J connectivity index is 2.84. The summed E-state index contributed by atoms with van der Waals surface area (Å²) in [7, 11) is 3.30. The Bertz CT molecular complexity index is 289. The number of hydrogen-bond acceptors (Lipinski definition) is 4. The second-order valence-corrected chi connectivity index (χ2v) is 2.88. The number of nitrogens with one attached hydrogen (secondary N) is 1.